The molecule has 2 N–H and O–H groups in total. The molecule has 3 nitrogen and oxygen atoms in total. The van der Waals surface area contributed by atoms with E-state index in [1.807, 2.05) is 11.0 Å². The first-order chi connectivity index (χ1) is 10.0. The summed E-state index contributed by atoms with van der Waals surface area (Å²) < 4.78 is 0. The highest BCUT2D eigenvalue weighted by Gasteiger charge is 2.29. The van der Waals surface area contributed by atoms with Gasteiger partial charge in [0.25, 0.3) is 0 Å². The van der Waals surface area contributed by atoms with Gasteiger partial charge < -0.3 is 10.6 Å². The molecule has 0 aromatic heterocycles. The molecule has 1 amide bonds. The summed E-state index contributed by atoms with van der Waals surface area (Å²) in [6.07, 6.45) is 3.69. The first-order valence-corrected chi connectivity index (χ1v) is 8.13. The minimum Gasteiger partial charge on any atom is -0.330 e. The number of amides is 1. The van der Waals surface area contributed by atoms with Gasteiger partial charge in [-0.05, 0) is 56.2 Å². The molecule has 21 heavy (non-hydrogen) atoms. The van der Waals surface area contributed by atoms with E-state index in [1.165, 1.54) is 5.56 Å². The zero-order valence-corrected chi connectivity index (χ0v) is 13.5. The monoisotopic (exact) mass is 288 g/mol. The van der Waals surface area contributed by atoms with Gasteiger partial charge >= 0.3 is 0 Å². The van der Waals surface area contributed by atoms with Crippen molar-refractivity contribution in [2.24, 2.45) is 17.6 Å². The molecular formula is C18H28N2O. The van der Waals surface area contributed by atoms with Crippen LogP contribution in [-0.4, -0.2) is 18.5 Å². The maximum Gasteiger partial charge on any atom is 0.227 e. The fraction of sp³-hybridized carbons (Fsp3) is 0.611. The van der Waals surface area contributed by atoms with E-state index in [4.69, 9.17) is 5.73 Å². The Bertz CT molecular complexity index is 484. The zero-order valence-electron chi connectivity index (χ0n) is 13.5. The summed E-state index contributed by atoms with van der Waals surface area (Å²) in [5, 5.41) is 0. The number of hydrogen-bond acceptors (Lipinski definition) is 2. The summed E-state index contributed by atoms with van der Waals surface area (Å²) >= 11 is 0. The number of rotatable bonds is 5. The number of para-hydroxylation sites is 1. The highest BCUT2D eigenvalue weighted by Crippen LogP contribution is 2.31. The van der Waals surface area contributed by atoms with Crippen LogP contribution in [0.2, 0.25) is 0 Å². The van der Waals surface area contributed by atoms with Crippen LogP contribution in [-0.2, 0) is 11.2 Å². The Kier molecular flexibility index (Phi) is 5.40. The van der Waals surface area contributed by atoms with E-state index in [0.717, 1.165) is 24.9 Å². The lowest BCUT2D eigenvalue weighted by Gasteiger charge is -2.36. The second kappa shape index (κ2) is 7.08. The van der Waals surface area contributed by atoms with E-state index in [9.17, 15) is 4.79 Å². The minimum absolute atomic E-state index is 0.228. The van der Waals surface area contributed by atoms with Crippen molar-refractivity contribution in [1.29, 1.82) is 0 Å². The molecule has 0 saturated carbocycles. The van der Waals surface area contributed by atoms with Crippen molar-refractivity contribution in [2.75, 3.05) is 11.4 Å². The molecule has 1 aromatic rings. The molecule has 2 atom stereocenters. The molecule has 1 aliphatic rings. The number of hydrogen-bond donors (Lipinski definition) is 1. The van der Waals surface area contributed by atoms with E-state index < -0.39 is 0 Å². The molecule has 1 unspecified atom stereocenters. The Morgan fingerprint density at radius 1 is 1.38 bits per heavy atom. The number of nitrogens with two attached hydrogens (primary N) is 1. The van der Waals surface area contributed by atoms with Crippen LogP contribution in [0.25, 0.3) is 0 Å². The number of aryl methyl sites for hydroxylation is 1. The summed E-state index contributed by atoms with van der Waals surface area (Å²) in [6.45, 7) is 7.11. The molecule has 0 aliphatic carbocycles. The van der Waals surface area contributed by atoms with Crippen molar-refractivity contribution in [3.8, 4) is 0 Å². The summed E-state index contributed by atoms with van der Waals surface area (Å²) in [4.78, 5) is 14.8. The molecule has 1 heterocycles. The fourth-order valence-electron chi connectivity index (χ4n) is 3.34. The second-order valence-corrected chi connectivity index (χ2v) is 6.72. The molecule has 0 radical (unpaired) electrons. The summed E-state index contributed by atoms with van der Waals surface area (Å²) in [6, 6.07) is 8.56. The highest BCUT2D eigenvalue weighted by atomic mass is 16.2. The lowest BCUT2D eigenvalue weighted by atomic mass is 9.91. The van der Waals surface area contributed by atoms with Crippen molar-refractivity contribution in [3.63, 3.8) is 0 Å². The number of carbonyl (C=O) groups is 1. The third-order valence-corrected chi connectivity index (χ3v) is 4.39. The maximum absolute atomic E-state index is 12.8. The highest BCUT2D eigenvalue weighted by molar-refractivity contribution is 5.95. The van der Waals surface area contributed by atoms with Crippen LogP contribution in [0.5, 0.6) is 0 Å². The Morgan fingerprint density at radius 2 is 2.10 bits per heavy atom. The summed E-state index contributed by atoms with van der Waals surface area (Å²) in [5.41, 5.74) is 8.25. The van der Waals surface area contributed by atoms with E-state index >= 15 is 0 Å². The SMILES string of the molecule is CC(C)C[C@H](CN)CC(=O)N1c2ccccc2CCC1C. The van der Waals surface area contributed by atoms with Gasteiger partial charge in [-0.15, -0.1) is 0 Å². The molecule has 0 fully saturated rings. The summed E-state index contributed by atoms with van der Waals surface area (Å²) in [5.74, 6) is 1.10. The third-order valence-electron chi connectivity index (χ3n) is 4.39. The molecular weight excluding hydrogens is 260 g/mol. The topological polar surface area (TPSA) is 46.3 Å². The van der Waals surface area contributed by atoms with Gasteiger partial charge in [0.15, 0.2) is 0 Å². The van der Waals surface area contributed by atoms with E-state index in [0.29, 0.717) is 24.8 Å². The maximum atomic E-state index is 12.8. The van der Waals surface area contributed by atoms with Gasteiger partial charge in [0.05, 0.1) is 0 Å². The lowest BCUT2D eigenvalue weighted by Crippen LogP contribution is -2.43. The van der Waals surface area contributed by atoms with Gasteiger partial charge in [-0.3, -0.25) is 4.79 Å². The van der Waals surface area contributed by atoms with E-state index in [-0.39, 0.29) is 11.9 Å². The molecule has 1 aromatic carbocycles. The van der Waals surface area contributed by atoms with Gasteiger partial charge in [0.1, 0.15) is 0 Å². The molecule has 0 saturated heterocycles. The van der Waals surface area contributed by atoms with Crippen LogP contribution in [0.4, 0.5) is 5.69 Å². The van der Waals surface area contributed by atoms with Crippen molar-refractivity contribution in [1.82, 2.24) is 0 Å². The Morgan fingerprint density at radius 3 is 2.76 bits per heavy atom. The standard InChI is InChI=1S/C18H28N2O/c1-13(2)10-15(12-19)11-18(21)20-14(3)8-9-16-6-4-5-7-17(16)20/h4-7,13-15H,8-12,19H2,1-3H3/t14?,15-/m0/s1. The predicted molar refractivity (Wildman–Crippen MR) is 88.3 cm³/mol. The number of fused-ring (bicyclic) bond motifs is 1. The molecule has 0 bridgehead atoms. The van der Waals surface area contributed by atoms with Crippen molar-refractivity contribution >= 4 is 11.6 Å². The van der Waals surface area contributed by atoms with Gasteiger partial charge in [-0.2, -0.15) is 0 Å². The van der Waals surface area contributed by atoms with Crippen LogP contribution >= 0.6 is 0 Å². The largest absolute Gasteiger partial charge is 0.330 e. The van der Waals surface area contributed by atoms with Crippen molar-refractivity contribution < 1.29 is 4.79 Å². The van der Waals surface area contributed by atoms with Gasteiger partial charge in [0.2, 0.25) is 5.91 Å². The first kappa shape index (κ1) is 16.0. The number of nitrogens with zero attached hydrogens (tertiary/aromatic N) is 1. The van der Waals surface area contributed by atoms with Crippen LogP contribution in [0.15, 0.2) is 24.3 Å². The number of benzene rings is 1. The van der Waals surface area contributed by atoms with Gasteiger partial charge in [0, 0.05) is 18.2 Å². The number of carbonyl (C=O) groups excluding carboxylic acids is 1. The molecule has 2 rings (SSSR count). The molecule has 116 valence electrons. The molecule has 3 heteroatoms. The average Bonchev–Trinajstić information content (AvgIpc) is 2.45. The summed E-state index contributed by atoms with van der Waals surface area (Å²) in [7, 11) is 0. The first-order valence-electron chi connectivity index (χ1n) is 8.13. The quantitative estimate of drug-likeness (QED) is 0.903. The third kappa shape index (κ3) is 3.85. The molecule has 1 aliphatic heterocycles. The number of anilines is 1. The van der Waals surface area contributed by atoms with Crippen LogP contribution < -0.4 is 10.6 Å². The van der Waals surface area contributed by atoms with Crippen molar-refractivity contribution in [2.45, 2.75) is 52.5 Å². The molecule has 0 spiro atoms. The average molecular weight is 288 g/mol. The van der Waals surface area contributed by atoms with Crippen LogP contribution in [0.3, 0.4) is 0 Å². The minimum atomic E-state index is 0.228. The van der Waals surface area contributed by atoms with Gasteiger partial charge in [-0.25, -0.2) is 0 Å². The lowest BCUT2D eigenvalue weighted by molar-refractivity contribution is -0.120. The predicted octanol–water partition coefficient (Wildman–Crippen LogP) is 3.37. The fourth-order valence-corrected chi connectivity index (χ4v) is 3.34. The Hall–Kier alpha value is -1.35. The Labute approximate surface area is 128 Å². The van der Waals surface area contributed by atoms with Crippen LogP contribution in [0, 0.1) is 11.8 Å². The normalized spacial score (nSPS) is 19.5. The van der Waals surface area contributed by atoms with Crippen LogP contribution in [0.1, 0.15) is 45.6 Å². The smallest absolute Gasteiger partial charge is 0.227 e. The van der Waals surface area contributed by atoms with E-state index in [2.05, 4.69) is 39.0 Å². The second-order valence-electron chi connectivity index (χ2n) is 6.72. The van der Waals surface area contributed by atoms with Gasteiger partial charge in [-0.1, -0.05) is 32.0 Å². The van der Waals surface area contributed by atoms with Crippen molar-refractivity contribution in [3.05, 3.63) is 29.8 Å². The zero-order chi connectivity index (χ0) is 15.4. The Balaban J connectivity index is 2.14. The van der Waals surface area contributed by atoms with E-state index in [1.54, 1.807) is 0 Å².